The zero-order valence-electron chi connectivity index (χ0n) is 30.5. The van der Waals surface area contributed by atoms with Gasteiger partial charge in [0, 0.05) is 17.6 Å². The van der Waals surface area contributed by atoms with E-state index < -0.39 is 5.91 Å². The topological polar surface area (TPSA) is 84.5 Å². The van der Waals surface area contributed by atoms with Crippen molar-refractivity contribution in [1.82, 2.24) is 5.32 Å². The number of allylic oxidation sites excluding steroid dienone is 2. The number of benzene rings is 3. The lowest BCUT2D eigenvalue weighted by atomic mass is 9.81. The molecule has 3 aliphatic rings. The summed E-state index contributed by atoms with van der Waals surface area (Å²) in [6.07, 6.45) is 18.3. The molecule has 0 spiro atoms. The smallest absolute Gasteiger partial charge is 0.248 e. The molecule has 1 saturated carbocycles. The standard InChI is InChI=1S/C17H21N.C9H10N2O.C7H14.C7H8.C2H6.CH2O/c1-2-13-8-10-17-15(12-13)9-11-16(18-17)14-6-4-3-5-7-14;1-6-3-4-7(9(10)12)5-8(6)11-2;2*1-7-5-3-2-4-6-7;2*1-2/h3-8,10,12,15-18H,2,9,11H2,1H3;3-5H,2H2,1H3,(H2,10,12);7H,2-6H2,1H3;2-6H,1H3;1-2H3;1H2. The minimum absolute atomic E-state index is 0.445. The van der Waals surface area contributed by atoms with Gasteiger partial charge in [-0.05, 0) is 74.9 Å². The van der Waals surface area contributed by atoms with Crippen LogP contribution in [0.25, 0.3) is 0 Å². The molecule has 2 aliphatic carbocycles. The number of rotatable bonds is 4. The highest BCUT2D eigenvalue weighted by Gasteiger charge is 2.29. The van der Waals surface area contributed by atoms with Crippen LogP contribution >= 0.6 is 0 Å². The van der Waals surface area contributed by atoms with Gasteiger partial charge in [-0.3, -0.25) is 9.79 Å². The normalized spacial score (nSPS) is 19.0. The molecule has 48 heavy (non-hydrogen) atoms. The number of aliphatic imine (C=N–C) groups is 1. The van der Waals surface area contributed by atoms with Crippen molar-refractivity contribution in [3.63, 3.8) is 0 Å². The summed E-state index contributed by atoms with van der Waals surface area (Å²) in [7, 11) is 0. The number of aryl methyl sites for hydroxylation is 2. The average molecular weight is 652 g/mol. The number of fused-ring (bicyclic) bond motifs is 1. The largest absolute Gasteiger partial charge is 0.366 e. The molecule has 0 aromatic heterocycles. The Kier molecular flexibility index (Phi) is 21.8. The Hall–Kier alpha value is -4.09. The monoisotopic (exact) mass is 651 g/mol. The zero-order chi connectivity index (χ0) is 35.7. The highest BCUT2D eigenvalue weighted by molar-refractivity contribution is 5.93. The Morgan fingerprint density at radius 3 is 1.96 bits per heavy atom. The molecule has 3 atom stereocenters. The summed E-state index contributed by atoms with van der Waals surface area (Å²) < 4.78 is 0. The minimum Gasteiger partial charge on any atom is -0.366 e. The molecule has 5 nitrogen and oxygen atoms in total. The van der Waals surface area contributed by atoms with Gasteiger partial charge in [-0.2, -0.15) is 0 Å². The fourth-order valence-electron chi connectivity index (χ4n) is 5.88. The number of piperidine rings is 1. The molecular formula is C43H61N3O2. The van der Waals surface area contributed by atoms with Gasteiger partial charge in [-0.15, -0.1) is 0 Å². The number of hydrogen-bond acceptors (Lipinski definition) is 4. The van der Waals surface area contributed by atoms with Crippen LogP contribution in [0.15, 0.2) is 108 Å². The molecule has 3 unspecified atom stereocenters. The summed E-state index contributed by atoms with van der Waals surface area (Å²) in [6, 6.07) is 27.2. The Labute approximate surface area is 291 Å². The second kappa shape index (κ2) is 25.0. The SMILES string of the molecule is C=Nc1cc(C(N)=O)ccc1C.C=O.CC.CC1CCCCC1.CCC1=CC2CCC(c3ccccc3)NC2C=C1.Cc1ccccc1. The molecule has 0 bridgehead atoms. The van der Waals surface area contributed by atoms with Crippen LogP contribution < -0.4 is 11.1 Å². The third-order valence-corrected chi connectivity index (χ3v) is 8.70. The Bertz CT molecular complexity index is 1360. The molecule has 1 aliphatic heterocycles. The fourth-order valence-corrected chi connectivity index (χ4v) is 5.88. The molecule has 3 aromatic rings. The van der Waals surface area contributed by atoms with Crippen molar-refractivity contribution in [3.8, 4) is 0 Å². The lowest BCUT2D eigenvalue weighted by molar-refractivity contribution is -0.0980. The molecule has 3 N–H and O–H groups in total. The van der Waals surface area contributed by atoms with Crippen LogP contribution in [0.4, 0.5) is 5.69 Å². The number of nitrogens with two attached hydrogens (primary N) is 1. The number of primary amides is 1. The zero-order valence-corrected chi connectivity index (χ0v) is 30.5. The predicted octanol–water partition coefficient (Wildman–Crippen LogP) is 10.9. The maximum atomic E-state index is 10.7. The molecule has 1 saturated heterocycles. The molecular weight excluding hydrogens is 590 g/mol. The van der Waals surface area contributed by atoms with Crippen LogP contribution in [0.2, 0.25) is 0 Å². The maximum Gasteiger partial charge on any atom is 0.248 e. The van der Waals surface area contributed by atoms with Crippen LogP contribution in [0, 0.1) is 25.7 Å². The number of nitrogens with zero attached hydrogens (tertiary/aromatic N) is 1. The molecule has 0 radical (unpaired) electrons. The molecule has 5 heteroatoms. The first-order chi connectivity index (χ1) is 23.3. The molecule has 1 heterocycles. The summed E-state index contributed by atoms with van der Waals surface area (Å²) in [5.41, 5.74) is 11.5. The van der Waals surface area contributed by atoms with Gasteiger partial charge in [-0.1, -0.05) is 156 Å². The second-order valence-corrected chi connectivity index (χ2v) is 12.3. The summed E-state index contributed by atoms with van der Waals surface area (Å²) in [5.74, 6) is 1.29. The van der Waals surface area contributed by atoms with Crippen LogP contribution in [0.3, 0.4) is 0 Å². The van der Waals surface area contributed by atoms with Gasteiger partial charge in [-0.25, -0.2) is 0 Å². The van der Waals surface area contributed by atoms with Gasteiger partial charge in [0.2, 0.25) is 5.91 Å². The first-order valence-electron chi connectivity index (χ1n) is 17.7. The third kappa shape index (κ3) is 15.7. The predicted molar refractivity (Wildman–Crippen MR) is 207 cm³/mol. The molecule has 3 aromatic carbocycles. The highest BCUT2D eigenvalue weighted by atomic mass is 16.1. The summed E-state index contributed by atoms with van der Waals surface area (Å²) in [6.45, 7) is 18.0. The number of carbonyl (C=O) groups excluding carboxylic acids is 2. The van der Waals surface area contributed by atoms with E-state index in [4.69, 9.17) is 10.5 Å². The highest BCUT2D eigenvalue weighted by Crippen LogP contribution is 2.33. The Morgan fingerprint density at radius 1 is 0.875 bits per heavy atom. The lowest BCUT2D eigenvalue weighted by Gasteiger charge is -2.37. The van der Waals surface area contributed by atoms with Gasteiger partial charge < -0.3 is 15.8 Å². The number of nitrogens with one attached hydrogen (secondary N) is 1. The van der Waals surface area contributed by atoms with Crippen LogP contribution in [0.5, 0.6) is 0 Å². The van der Waals surface area contributed by atoms with Gasteiger partial charge in [0.05, 0.1) is 5.69 Å². The minimum atomic E-state index is -0.445. The van der Waals surface area contributed by atoms with E-state index in [9.17, 15) is 4.79 Å². The fraction of sp³-hybridized carbons (Fsp3) is 0.419. The first kappa shape index (κ1) is 41.9. The quantitative estimate of drug-likeness (QED) is 0.275. The molecule has 260 valence electrons. The number of hydrogen-bond donors (Lipinski definition) is 2. The Morgan fingerprint density at radius 2 is 1.48 bits per heavy atom. The van der Waals surface area contributed by atoms with Crippen molar-refractivity contribution in [2.45, 2.75) is 105 Å². The van der Waals surface area contributed by atoms with Crippen molar-refractivity contribution in [2.24, 2.45) is 22.6 Å². The molecule has 2 fully saturated rings. The van der Waals surface area contributed by atoms with Crippen molar-refractivity contribution < 1.29 is 9.59 Å². The first-order valence-corrected chi connectivity index (χ1v) is 17.7. The summed E-state index contributed by atoms with van der Waals surface area (Å²) >= 11 is 0. The maximum absolute atomic E-state index is 10.7. The van der Waals surface area contributed by atoms with E-state index in [2.05, 4.69) is 98.5 Å². The van der Waals surface area contributed by atoms with Crippen LogP contribution in [-0.4, -0.2) is 25.5 Å². The van der Waals surface area contributed by atoms with Gasteiger partial charge >= 0.3 is 0 Å². The Balaban J connectivity index is 0.000000332. The van der Waals surface area contributed by atoms with Crippen molar-refractivity contribution >= 4 is 25.1 Å². The van der Waals surface area contributed by atoms with E-state index in [1.165, 1.54) is 61.6 Å². The lowest BCUT2D eigenvalue weighted by Crippen LogP contribution is -2.42. The van der Waals surface area contributed by atoms with Crippen molar-refractivity contribution in [2.75, 3.05) is 0 Å². The van der Waals surface area contributed by atoms with E-state index in [0.29, 0.717) is 29.3 Å². The van der Waals surface area contributed by atoms with Gasteiger partial charge in [0.25, 0.3) is 0 Å². The number of carbonyl (C=O) groups is 2. The van der Waals surface area contributed by atoms with E-state index >= 15 is 0 Å². The van der Waals surface area contributed by atoms with E-state index in [1.54, 1.807) is 18.2 Å². The van der Waals surface area contributed by atoms with Crippen molar-refractivity contribution in [3.05, 3.63) is 125 Å². The molecule has 6 rings (SSSR count). The van der Waals surface area contributed by atoms with Crippen LogP contribution in [0.1, 0.15) is 112 Å². The number of amides is 1. The summed E-state index contributed by atoms with van der Waals surface area (Å²) in [4.78, 5) is 22.5. The van der Waals surface area contributed by atoms with Gasteiger partial charge in [0.1, 0.15) is 6.79 Å². The summed E-state index contributed by atoms with van der Waals surface area (Å²) in [5, 5.41) is 3.78. The van der Waals surface area contributed by atoms with E-state index in [0.717, 1.165) is 17.9 Å². The van der Waals surface area contributed by atoms with E-state index in [-0.39, 0.29) is 0 Å². The molecule has 1 amide bonds. The van der Waals surface area contributed by atoms with Gasteiger partial charge in [0.15, 0.2) is 0 Å². The van der Waals surface area contributed by atoms with Crippen LogP contribution in [-0.2, 0) is 4.79 Å². The second-order valence-electron chi connectivity index (χ2n) is 12.3. The van der Waals surface area contributed by atoms with E-state index in [1.807, 2.05) is 45.8 Å². The average Bonchev–Trinajstić information content (AvgIpc) is 3.15. The van der Waals surface area contributed by atoms with Crippen molar-refractivity contribution in [1.29, 1.82) is 0 Å². The third-order valence-electron chi connectivity index (χ3n) is 8.70.